The van der Waals surface area contributed by atoms with Crippen molar-refractivity contribution >= 4 is 34.3 Å². The zero-order valence-electron chi connectivity index (χ0n) is 15.7. The second kappa shape index (κ2) is 7.79. The number of aliphatic carboxylic acids is 1. The minimum atomic E-state index is -0.960. The summed E-state index contributed by atoms with van der Waals surface area (Å²) in [5.74, 6) is -3.41. The van der Waals surface area contributed by atoms with E-state index >= 15 is 0 Å². The van der Waals surface area contributed by atoms with Crippen LogP contribution in [0.25, 0.3) is 11.3 Å². The SMILES string of the molecule is CCOC(=O)c1sc(NC(=O)[C@@H]2[C@H](C(=O)O)[C@H]3C=C[C@H]2C3)nc1-c1ccccc1. The van der Waals surface area contributed by atoms with Gasteiger partial charge in [-0.15, -0.1) is 0 Å². The first-order valence-corrected chi connectivity index (χ1v) is 10.3. The summed E-state index contributed by atoms with van der Waals surface area (Å²) in [7, 11) is 0. The highest BCUT2D eigenvalue weighted by atomic mass is 32.1. The summed E-state index contributed by atoms with van der Waals surface area (Å²) in [5.41, 5.74) is 1.17. The molecule has 29 heavy (non-hydrogen) atoms. The fraction of sp³-hybridized carbons (Fsp3) is 0.333. The van der Waals surface area contributed by atoms with E-state index in [0.29, 0.717) is 17.0 Å². The van der Waals surface area contributed by atoms with Gasteiger partial charge in [-0.1, -0.05) is 53.8 Å². The number of nitrogens with zero attached hydrogens (tertiary/aromatic N) is 1. The van der Waals surface area contributed by atoms with Gasteiger partial charge in [-0.2, -0.15) is 0 Å². The molecule has 0 spiro atoms. The molecule has 0 unspecified atom stereocenters. The number of rotatable bonds is 6. The van der Waals surface area contributed by atoms with Crippen molar-refractivity contribution in [1.82, 2.24) is 4.98 Å². The Bertz CT molecular complexity index is 984. The number of carbonyl (C=O) groups excluding carboxylic acids is 2. The summed E-state index contributed by atoms with van der Waals surface area (Å²) in [6.07, 6.45) is 4.49. The van der Waals surface area contributed by atoms with Crippen molar-refractivity contribution in [1.29, 1.82) is 0 Å². The number of thiazole rings is 1. The number of hydrogen-bond donors (Lipinski definition) is 2. The lowest BCUT2D eigenvalue weighted by Gasteiger charge is -2.23. The van der Waals surface area contributed by atoms with E-state index in [2.05, 4.69) is 10.3 Å². The number of nitrogens with one attached hydrogen (secondary N) is 1. The number of carbonyl (C=O) groups is 3. The van der Waals surface area contributed by atoms with Crippen LogP contribution in [-0.2, 0) is 14.3 Å². The van der Waals surface area contributed by atoms with Gasteiger partial charge in [-0.25, -0.2) is 9.78 Å². The summed E-state index contributed by atoms with van der Waals surface area (Å²) in [4.78, 5) is 41.7. The lowest BCUT2D eigenvalue weighted by molar-refractivity contribution is -0.146. The predicted octanol–water partition coefficient (Wildman–Crippen LogP) is 3.45. The molecule has 1 aromatic heterocycles. The lowest BCUT2D eigenvalue weighted by Crippen LogP contribution is -2.36. The Hall–Kier alpha value is -3.00. The molecule has 7 nitrogen and oxygen atoms in total. The van der Waals surface area contributed by atoms with E-state index in [-0.39, 0.29) is 29.5 Å². The Labute approximate surface area is 171 Å². The number of amides is 1. The third-order valence-electron chi connectivity index (χ3n) is 5.41. The second-order valence-corrected chi connectivity index (χ2v) is 8.11. The number of ether oxygens (including phenoxy) is 1. The summed E-state index contributed by atoms with van der Waals surface area (Å²) in [5, 5.41) is 12.6. The number of aromatic nitrogens is 1. The highest BCUT2D eigenvalue weighted by Crippen LogP contribution is 2.48. The summed E-state index contributed by atoms with van der Waals surface area (Å²) in [6.45, 7) is 1.95. The fourth-order valence-corrected chi connectivity index (χ4v) is 5.09. The molecule has 2 aromatic rings. The van der Waals surface area contributed by atoms with Gasteiger partial charge in [0, 0.05) is 5.56 Å². The molecule has 4 rings (SSSR count). The van der Waals surface area contributed by atoms with Crippen LogP contribution in [0.1, 0.15) is 23.0 Å². The number of carboxylic acid groups (broad SMARTS) is 1. The molecule has 4 atom stereocenters. The summed E-state index contributed by atoms with van der Waals surface area (Å²) in [6, 6.07) is 9.17. The van der Waals surface area contributed by atoms with Gasteiger partial charge in [-0.3, -0.25) is 9.59 Å². The van der Waals surface area contributed by atoms with Gasteiger partial charge in [0.15, 0.2) is 5.13 Å². The number of anilines is 1. The first kappa shape index (κ1) is 19.3. The number of carboxylic acids is 1. The molecule has 2 aliphatic rings. The van der Waals surface area contributed by atoms with E-state index in [9.17, 15) is 19.5 Å². The zero-order valence-corrected chi connectivity index (χ0v) is 16.5. The molecule has 0 radical (unpaired) electrons. The molecule has 8 heteroatoms. The lowest BCUT2D eigenvalue weighted by atomic mass is 9.82. The third kappa shape index (κ3) is 3.55. The molecule has 1 heterocycles. The van der Waals surface area contributed by atoms with Crippen LogP contribution in [0.3, 0.4) is 0 Å². The number of allylic oxidation sites excluding steroid dienone is 2. The largest absolute Gasteiger partial charge is 0.481 e. The highest BCUT2D eigenvalue weighted by molar-refractivity contribution is 7.18. The van der Waals surface area contributed by atoms with Crippen LogP contribution < -0.4 is 5.32 Å². The average Bonchev–Trinajstić information content (AvgIpc) is 3.43. The van der Waals surface area contributed by atoms with Crippen molar-refractivity contribution in [3.05, 3.63) is 47.4 Å². The van der Waals surface area contributed by atoms with E-state index in [0.717, 1.165) is 16.9 Å². The maximum atomic E-state index is 12.9. The highest BCUT2D eigenvalue weighted by Gasteiger charge is 2.51. The average molecular weight is 412 g/mol. The Kier molecular flexibility index (Phi) is 5.19. The second-order valence-electron chi connectivity index (χ2n) is 7.11. The third-order valence-corrected chi connectivity index (χ3v) is 6.36. The van der Waals surface area contributed by atoms with Crippen molar-refractivity contribution in [2.75, 3.05) is 11.9 Å². The fourth-order valence-electron chi connectivity index (χ4n) is 4.21. The van der Waals surface area contributed by atoms with Crippen molar-refractivity contribution in [3.63, 3.8) is 0 Å². The van der Waals surface area contributed by atoms with Gasteiger partial charge in [0.25, 0.3) is 0 Å². The van der Waals surface area contributed by atoms with Gasteiger partial charge in [-0.05, 0) is 25.2 Å². The van der Waals surface area contributed by atoms with Crippen molar-refractivity contribution < 1.29 is 24.2 Å². The predicted molar refractivity (Wildman–Crippen MR) is 107 cm³/mol. The number of fused-ring (bicyclic) bond motifs is 2. The topological polar surface area (TPSA) is 106 Å². The molecule has 1 saturated carbocycles. The Morgan fingerprint density at radius 2 is 1.86 bits per heavy atom. The van der Waals surface area contributed by atoms with E-state index in [4.69, 9.17) is 4.74 Å². The smallest absolute Gasteiger partial charge is 0.350 e. The van der Waals surface area contributed by atoms with Gasteiger partial charge in [0.1, 0.15) is 4.88 Å². The standard InChI is InChI=1S/C21H20N2O5S/c1-2-28-20(27)17-16(11-6-4-3-5-7-11)22-21(29-17)23-18(24)14-12-8-9-13(10-12)15(14)19(25)26/h3-9,12-15H,2,10H2,1H3,(H,25,26)(H,22,23,24)/t12-,13-,14-,15+/m0/s1. The molecule has 0 aliphatic heterocycles. The quantitative estimate of drug-likeness (QED) is 0.556. The van der Waals surface area contributed by atoms with E-state index in [1.807, 2.05) is 42.5 Å². The molecule has 2 N–H and O–H groups in total. The van der Waals surface area contributed by atoms with Crippen LogP contribution in [0.4, 0.5) is 5.13 Å². The number of benzene rings is 1. The number of hydrogen-bond acceptors (Lipinski definition) is 6. The maximum absolute atomic E-state index is 12.9. The number of esters is 1. The van der Waals surface area contributed by atoms with E-state index < -0.39 is 23.8 Å². The van der Waals surface area contributed by atoms with Crippen LogP contribution in [-0.4, -0.2) is 34.5 Å². The summed E-state index contributed by atoms with van der Waals surface area (Å²) >= 11 is 1.04. The Morgan fingerprint density at radius 1 is 1.17 bits per heavy atom. The first-order chi connectivity index (χ1) is 14.0. The van der Waals surface area contributed by atoms with Crippen molar-refractivity contribution in [2.24, 2.45) is 23.7 Å². The van der Waals surface area contributed by atoms with Crippen molar-refractivity contribution in [2.45, 2.75) is 13.3 Å². The van der Waals surface area contributed by atoms with Gasteiger partial charge in [0.2, 0.25) is 5.91 Å². The molecule has 1 amide bonds. The van der Waals surface area contributed by atoms with E-state index in [1.54, 1.807) is 6.92 Å². The minimum Gasteiger partial charge on any atom is -0.481 e. The van der Waals surface area contributed by atoms with Gasteiger partial charge < -0.3 is 15.2 Å². The monoisotopic (exact) mass is 412 g/mol. The molecule has 150 valence electrons. The molecular weight excluding hydrogens is 392 g/mol. The maximum Gasteiger partial charge on any atom is 0.350 e. The van der Waals surface area contributed by atoms with E-state index in [1.165, 1.54) is 0 Å². The van der Waals surface area contributed by atoms with Gasteiger partial charge in [0.05, 0.1) is 24.1 Å². The zero-order chi connectivity index (χ0) is 20.5. The first-order valence-electron chi connectivity index (χ1n) is 9.45. The van der Waals surface area contributed by atoms with Crippen molar-refractivity contribution in [3.8, 4) is 11.3 Å². The molecule has 2 aliphatic carbocycles. The van der Waals surface area contributed by atoms with Crippen LogP contribution in [0.5, 0.6) is 0 Å². The van der Waals surface area contributed by atoms with Gasteiger partial charge >= 0.3 is 11.9 Å². The molecule has 1 fully saturated rings. The van der Waals surface area contributed by atoms with Crippen LogP contribution >= 0.6 is 11.3 Å². The molecule has 2 bridgehead atoms. The van der Waals surface area contributed by atoms with Crippen LogP contribution in [0.15, 0.2) is 42.5 Å². The molecule has 0 saturated heterocycles. The summed E-state index contributed by atoms with van der Waals surface area (Å²) < 4.78 is 5.13. The Balaban J connectivity index is 1.62. The molecule has 1 aromatic carbocycles. The normalized spacial score (nSPS) is 24.4. The minimum absolute atomic E-state index is 0.0841. The van der Waals surface area contributed by atoms with Crippen LogP contribution in [0.2, 0.25) is 0 Å². The van der Waals surface area contributed by atoms with Crippen LogP contribution in [0, 0.1) is 23.7 Å². The Morgan fingerprint density at radius 3 is 2.52 bits per heavy atom. The molecular formula is C21H20N2O5S.